The molecule has 0 fully saturated rings. The molecule has 15 heavy (non-hydrogen) atoms. The number of nitrogens with one attached hydrogen (secondary N) is 2. The SMILES string of the molecule is NC(=O)c1ccc(NCNC(N)N)cc1. The van der Waals surface area contributed by atoms with Crippen LogP contribution in [-0.2, 0) is 0 Å². The number of carbonyl (C=O) groups excluding carboxylic acids is 1. The lowest BCUT2D eigenvalue weighted by Gasteiger charge is -2.10. The van der Waals surface area contributed by atoms with Crippen molar-refractivity contribution in [3.05, 3.63) is 29.8 Å². The first-order chi connectivity index (χ1) is 7.09. The predicted octanol–water partition coefficient (Wildman–Crippen LogP) is -1.05. The van der Waals surface area contributed by atoms with E-state index in [1.54, 1.807) is 24.3 Å². The standard InChI is InChI=1S/C9H15N5O/c10-8(15)6-1-3-7(4-2-6)13-5-14-9(11)12/h1-4,9,13-14H,5,11-12H2,(H2,10,15). The van der Waals surface area contributed by atoms with Crippen molar-refractivity contribution in [2.45, 2.75) is 6.29 Å². The molecule has 0 unspecified atom stereocenters. The van der Waals surface area contributed by atoms with Gasteiger partial charge in [-0.1, -0.05) is 0 Å². The Labute approximate surface area is 87.8 Å². The highest BCUT2D eigenvalue weighted by molar-refractivity contribution is 5.93. The normalized spacial score (nSPS) is 10.3. The second kappa shape index (κ2) is 5.30. The minimum atomic E-state index is -0.553. The molecular formula is C9H15N5O. The molecule has 0 aliphatic heterocycles. The number of carbonyl (C=O) groups is 1. The van der Waals surface area contributed by atoms with Crippen molar-refractivity contribution in [1.29, 1.82) is 0 Å². The first-order valence-electron chi connectivity index (χ1n) is 4.48. The number of benzene rings is 1. The number of hydrogen-bond acceptors (Lipinski definition) is 5. The van der Waals surface area contributed by atoms with E-state index in [0.717, 1.165) is 5.69 Å². The molecule has 1 aromatic rings. The van der Waals surface area contributed by atoms with Crippen molar-refractivity contribution < 1.29 is 4.79 Å². The Morgan fingerprint density at radius 1 is 1.27 bits per heavy atom. The predicted molar refractivity (Wildman–Crippen MR) is 58.7 cm³/mol. The summed E-state index contributed by atoms with van der Waals surface area (Å²) in [4.78, 5) is 10.8. The smallest absolute Gasteiger partial charge is 0.248 e. The molecule has 0 heterocycles. The zero-order chi connectivity index (χ0) is 11.3. The van der Waals surface area contributed by atoms with E-state index in [1.807, 2.05) is 0 Å². The third kappa shape index (κ3) is 3.94. The topological polar surface area (TPSA) is 119 Å². The molecule has 0 aliphatic rings. The molecule has 0 radical (unpaired) electrons. The minimum Gasteiger partial charge on any atom is -0.372 e. The van der Waals surface area contributed by atoms with E-state index < -0.39 is 12.2 Å². The molecule has 1 aromatic carbocycles. The van der Waals surface area contributed by atoms with Crippen molar-refractivity contribution in [2.75, 3.05) is 12.0 Å². The molecule has 0 saturated heterocycles. The molecule has 0 atom stereocenters. The van der Waals surface area contributed by atoms with Crippen molar-refractivity contribution in [2.24, 2.45) is 17.2 Å². The minimum absolute atomic E-state index is 0.441. The summed E-state index contributed by atoms with van der Waals surface area (Å²) in [7, 11) is 0. The average molecular weight is 209 g/mol. The van der Waals surface area contributed by atoms with Gasteiger partial charge in [-0.25, -0.2) is 0 Å². The maximum atomic E-state index is 10.8. The lowest BCUT2D eigenvalue weighted by atomic mass is 10.2. The third-order valence-electron chi connectivity index (χ3n) is 1.80. The zero-order valence-corrected chi connectivity index (χ0v) is 8.23. The molecule has 0 spiro atoms. The van der Waals surface area contributed by atoms with Crippen molar-refractivity contribution in [3.63, 3.8) is 0 Å². The van der Waals surface area contributed by atoms with Crippen molar-refractivity contribution >= 4 is 11.6 Å². The van der Waals surface area contributed by atoms with Gasteiger partial charge in [0.25, 0.3) is 0 Å². The van der Waals surface area contributed by atoms with Crippen LogP contribution in [0.1, 0.15) is 10.4 Å². The van der Waals surface area contributed by atoms with E-state index in [4.69, 9.17) is 17.2 Å². The Bertz CT molecular complexity index is 322. The van der Waals surface area contributed by atoms with Gasteiger partial charge in [0.05, 0.1) is 6.67 Å². The molecule has 1 rings (SSSR count). The summed E-state index contributed by atoms with van der Waals surface area (Å²) in [5.41, 5.74) is 17.0. The maximum Gasteiger partial charge on any atom is 0.248 e. The van der Waals surface area contributed by atoms with Crippen LogP contribution >= 0.6 is 0 Å². The van der Waals surface area contributed by atoms with Gasteiger partial charge in [-0.15, -0.1) is 0 Å². The number of rotatable bonds is 5. The van der Waals surface area contributed by atoms with Gasteiger partial charge in [0, 0.05) is 11.3 Å². The summed E-state index contributed by atoms with van der Waals surface area (Å²) in [6, 6.07) is 6.80. The molecule has 0 bridgehead atoms. The second-order valence-corrected chi connectivity index (χ2v) is 3.03. The van der Waals surface area contributed by atoms with E-state index in [2.05, 4.69) is 10.6 Å². The first-order valence-corrected chi connectivity index (χ1v) is 4.48. The van der Waals surface area contributed by atoms with Crippen LogP contribution in [0, 0.1) is 0 Å². The molecule has 0 aromatic heterocycles. The molecule has 82 valence electrons. The number of primary amides is 1. The molecule has 0 aliphatic carbocycles. The second-order valence-electron chi connectivity index (χ2n) is 3.03. The summed E-state index contributed by atoms with van der Waals surface area (Å²) < 4.78 is 0. The molecule has 1 amide bonds. The molecule has 0 saturated carbocycles. The van der Waals surface area contributed by atoms with Gasteiger partial charge in [0.1, 0.15) is 6.29 Å². The van der Waals surface area contributed by atoms with Crippen LogP contribution in [0.25, 0.3) is 0 Å². The summed E-state index contributed by atoms with van der Waals surface area (Å²) >= 11 is 0. The highest BCUT2D eigenvalue weighted by atomic mass is 16.1. The van der Waals surface area contributed by atoms with Crippen LogP contribution in [0.3, 0.4) is 0 Å². The average Bonchev–Trinajstić information content (AvgIpc) is 2.18. The van der Waals surface area contributed by atoms with Crippen molar-refractivity contribution in [3.8, 4) is 0 Å². The Kier molecular flexibility index (Phi) is 4.04. The quantitative estimate of drug-likeness (QED) is 0.396. The Balaban J connectivity index is 2.46. The summed E-state index contributed by atoms with van der Waals surface area (Å²) in [5, 5.41) is 5.80. The number of nitrogens with two attached hydrogens (primary N) is 3. The van der Waals surface area contributed by atoms with Crippen LogP contribution in [0.15, 0.2) is 24.3 Å². The van der Waals surface area contributed by atoms with Gasteiger partial charge in [0.15, 0.2) is 0 Å². The number of anilines is 1. The molecular weight excluding hydrogens is 194 g/mol. The Hall–Kier alpha value is -1.63. The monoisotopic (exact) mass is 209 g/mol. The van der Waals surface area contributed by atoms with E-state index in [-0.39, 0.29) is 0 Å². The van der Waals surface area contributed by atoms with Crippen LogP contribution in [0.2, 0.25) is 0 Å². The molecule has 6 heteroatoms. The van der Waals surface area contributed by atoms with Gasteiger partial charge < -0.3 is 22.5 Å². The van der Waals surface area contributed by atoms with E-state index in [0.29, 0.717) is 12.2 Å². The summed E-state index contributed by atoms with van der Waals surface area (Å²) in [6.07, 6.45) is -0.553. The Morgan fingerprint density at radius 3 is 2.33 bits per heavy atom. The fourth-order valence-electron chi connectivity index (χ4n) is 1.02. The van der Waals surface area contributed by atoms with E-state index >= 15 is 0 Å². The maximum absolute atomic E-state index is 10.8. The van der Waals surface area contributed by atoms with E-state index in [9.17, 15) is 4.79 Å². The number of hydrogen-bond donors (Lipinski definition) is 5. The van der Waals surface area contributed by atoms with Crippen molar-refractivity contribution in [1.82, 2.24) is 5.32 Å². The zero-order valence-electron chi connectivity index (χ0n) is 8.23. The first kappa shape index (κ1) is 11.4. The van der Waals surface area contributed by atoms with Crippen LogP contribution in [-0.4, -0.2) is 18.9 Å². The molecule has 6 nitrogen and oxygen atoms in total. The summed E-state index contributed by atoms with van der Waals surface area (Å²) in [5.74, 6) is -0.441. The van der Waals surface area contributed by atoms with Crippen LogP contribution in [0.4, 0.5) is 5.69 Å². The van der Waals surface area contributed by atoms with Crippen LogP contribution in [0.5, 0.6) is 0 Å². The fourth-order valence-corrected chi connectivity index (χ4v) is 1.02. The van der Waals surface area contributed by atoms with Crippen LogP contribution < -0.4 is 27.8 Å². The van der Waals surface area contributed by atoms with Gasteiger partial charge in [-0.2, -0.15) is 0 Å². The van der Waals surface area contributed by atoms with Gasteiger partial charge in [0.2, 0.25) is 5.91 Å². The Morgan fingerprint density at radius 2 is 1.87 bits per heavy atom. The van der Waals surface area contributed by atoms with Gasteiger partial charge in [-0.05, 0) is 24.3 Å². The number of amides is 1. The summed E-state index contributed by atoms with van der Waals surface area (Å²) in [6.45, 7) is 0.452. The highest BCUT2D eigenvalue weighted by Gasteiger charge is 1.99. The van der Waals surface area contributed by atoms with Gasteiger partial charge >= 0.3 is 0 Å². The molecule has 8 N–H and O–H groups in total. The lowest BCUT2D eigenvalue weighted by molar-refractivity contribution is 0.100. The highest BCUT2D eigenvalue weighted by Crippen LogP contribution is 2.07. The van der Waals surface area contributed by atoms with Gasteiger partial charge in [-0.3, -0.25) is 10.1 Å². The fraction of sp³-hybridized carbons (Fsp3) is 0.222. The largest absolute Gasteiger partial charge is 0.372 e. The van der Waals surface area contributed by atoms with E-state index in [1.165, 1.54) is 0 Å². The lowest BCUT2D eigenvalue weighted by Crippen LogP contribution is -2.47. The third-order valence-corrected chi connectivity index (χ3v) is 1.80.